The number of hydrogen-bond donors (Lipinski definition) is 1. The van der Waals surface area contributed by atoms with Crippen molar-refractivity contribution in [2.75, 3.05) is 0 Å². The van der Waals surface area contributed by atoms with Gasteiger partial charge in [0.2, 0.25) is 0 Å². The Labute approximate surface area is 112 Å². The third kappa shape index (κ3) is 4.13. The van der Waals surface area contributed by atoms with E-state index in [4.69, 9.17) is 5.73 Å². The predicted octanol–water partition coefficient (Wildman–Crippen LogP) is 3.69. The molecule has 0 aliphatic carbocycles. The van der Waals surface area contributed by atoms with Gasteiger partial charge >= 0.3 is 0 Å². The minimum Gasteiger partial charge on any atom is -0.325 e. The van der Waals surface area contributed by atoms with Crippen molar-refractivity contribution in [3.63, 3.8) is 0 Å². The molecule has 1 aromatic rings. The van der Waals surface area contributed by atoms with Gasteiger partial charge in [-0.1, -0.05) is 33.6 Å². The van der Waals surface area contributed by atoms with Crippen molar-refractivity contribution in [3.8, 4) is 0 Å². The second-order valence-electron chi connectivity index (χ2n) is 5.54. The molecule has 1 heterocycles. The summed E-state index contributed by atoms with van der Waals surface area (Å²) in [6.07, 6.45) is 8.61. The first-order valence-electron chi connectivity index (χ1n) is 7.37. The Bertz CT molecular complexity index is 345. The summed E-state index contributed by atoms with van der Waals surface area (Å²) < 4.78 is 2.06. The summed E-state index contributed by atoms with van der Waals surface area (Å²) in [5.74, 6) is 0. The predicted molar refractivity (Wildman–Crippen MR) is 77.7 cm³/mol. The molecule has 1 aromatic heterocycles. The van der Waals surface area contributed by atoms with E-state index in [0.29, 0.717) is 6.04 Å². The SMILES string of the molecule is CCCCC(N)(CC)Cc1ccn(C(C)CC)n1. The lowest BCUT2D eigenvalue weighted by Crippen LogP contribution is -2.41. The zero-order valence-corrected chi connectivity index (χ0v) is 12.4. The smallest absolute Gasteiger partial charge is 0.0643 e. The van der Waals surface area contributed by atoms with Gasteiger partial charge in [-0.3, -0.25) is 4.68 Å². The Hall–Kier alpha value is -0.830. The van der Waals surface area contributed by atoms with Crippen LogP contribution in [0.4, 0.5) is 0 Å². The van der Waals surface area contributed by atoms with Crippen LogP contribution in [-0.4, -0.2) is 15.3 Å². The fourth-order valence-corrected chi connectivity index (χ4v) is 2.18. The molecule has 1 rings (SSSR count). The second kappa shape index (κ2) is 6.93. The van der Waals surface area contributed by atoms with E-state index in [-0.39, 0.29) is 5.54 Å². The Kier molecular flexibility index (Phi) is 5.86. The van der Waals surface area contributed by atoms with Crippen molar-refractivity contribution in [2.24, 2.45) is 5.73 Å². The Morgan fingerprint density at radius 2 is 2.11 bits per heavy atom. The molecule has 3 nitrogen and oxygen atoms in total. The highest BCUT2D eigenvalue weighted by atomic mass is 15.3. The summed E-state index contributed by atoms with van der Waals surface area (Å²) in [4.78, 5) is 0. The maximum absolute atomic E-state index is 6.48. The fourth-order valence-electron chi connectivity index (χ4n) is 2.18. The van der Waals surface area contributed by atoms with Crippen molar-refractivity contribution < 1.29 is 0 Å². The fraction of sp³-hybridized carbons (Fsp3) is 0.800. The van der Waals surface area contributed by atoms with Gasteiger partial charge in [-0.05, 0) is 32.3 Å². The van der Waals surface area contributed by atoms with E-state index in [2.05, 4.69) is 49.7 Å². The first-order valence-corrected chi connectivity index (χ1v) is 7.37. The molecule has 0 aliphatic heterocycles. The van der Waals surface area contributed by atoms with E-state index < -0.39 is 0 Å². The largest absolute Gasteiger partial charge is 0.325 e. The number of aromatic nitrogens is 2. The van der Waals surface area contributed by atoms with Gasteiger partial charge in [-0.2, -0.15) is 5.10 Å². The van der Waals surface area contributed by atoms with E-state index in [0.717, 1.165) is 31.4 Å². The van der Waals surface area contributed by atoms with Crippen LogP contribution in [0.3, 0.4) is 0 Å². The highest BCUT2D eigenvalue weighted by Gasteiger charge is 2.23. The van der Waals surface area contributed by atoms with Crippen LogP contribution in [0.15, 0.2) is 12.3 Å². The molecule has 0 radical (unpaired) electrons. The van der Waals surface area contributed by atoms with Crippen LogP contribution in [0.2, 0.25) is 0 Å². The molecule has 0 amide bonds. The summed E-state index contributed by atoms with van der Waals surface area (Å²) in [6.45, 7) is 8.78. The molecular weight excluding hydrogens is 222 g/mol. The van der Waals surface area contributed by atoms with Crippen molar-refractivity contribution in [1.82, 2.24) is 9.78 Å². The van der Waals surface area contributed by atoms with Crippen LogP contribution in [-0.2, 0) is 6.42 Å². The number of rotatable bonds is 8. The molecule has 0 bridgehead atoms. The second-order valence-corrected chi connectivity index (χ2v) is 5.54. The molecule has 3 heteroatoms. The van der Waals surface area contributed by atoms with Crippen molar-refractivity contribution in [3.05, 3.63) is 18.0 Å². The highest BCUT2D eigenvalue weighted by Crippen LogP contribution is 2.21. The van der Waals surface area contributed by atoms with Crippen LogP contribution in [0.5, 0.6) is 0 Å². The molecule has 2 N–H and O–H groups in total. The van der Waals surface area contributed by atoms with Crippen molar-refractivity contribution in [2.45, 2.75) is 77.8 Å². The van der Waals surface area contributed by atoms with Gasteiger partial charge < -0.3 is 5.73 Å². The Balaban J connectivity index is 2.67. The van der Waals surface area contributed by atoms with E-state index in [1.807, 2.05) is 0 Å². The van der Waals surface area contributed by atoms with Gasteiger partial charge in [0.1, 0.15) is 0 Å². The van der Waals surface area contributed by atoms with Crippen LogP contribution in [0.1, 0.15) is 71.5 Å². The molecule has 0 fully saturated rings. The molecule has 2 unspecified atom stereocenters. The number of unbranched alkanes of at least 4 members (excludes halogenated alkanes) is 1. The zero-order chi connectivity index (χ0) is 13.6. The maximum Gasteiger partial charge on any atom is 0.0643 e. The van der Waals surface area contributed by atoms with Gasteiger partial charge in [-0.25, -0.2) is 0 Å². The molecule has 104 valence electrons. The Morgan fingerprint density at radius 3 is 2.67 bits per heavy atom. The molecule has 0 aromatic carbocycles. The third-order valence-corrected chi connectivity index (χ3v) is 3.97. The summed E-state index contributed by atoms with van der Waals surface area (Å²) >= 11 is 0. The number of hydrogen-bond acceptors (Lipinski definition) is 2. The van der Waals surface area contributed by atoms with E-state index in [9.17, 15) is 0 Å². The van der Waals surface area contributed by atoms with Gasteiger partial charge in [0.15, 0.2) is 0 Å². The highest BCUT2D eigenvalue weighted by molar-refractivity contribution is 5.06. The van der Waals surface area contributed by atoms with E-state index >= 15 is 0 Å². The summed E-state index contributed by atoms with van der Waals surface area (Å²) in [5, 5.41) is 4.66. The lowest BCUT2D eigenvalue weighted by atomic mass is 9.86. The molecule has 2 atom stereocenters. The molecule has 0 spiro atoms. The maximum atomic E-state index is 6.48. The molecule has 0 saturated carbocycles. The first-order chi connectivity index (χ1) is 8.54. The van der Waals surface area contributed by atoms with Gasteiger partial charge in [0, 0.05) is 24.2 Å². The molecular formula is C15H29N3. The number of nitrogens with zero attached hydrogens (tertiary/aromatic N) is 2. The topological polar surface area (TPSA) is 43.8 Å². The Morgan fingerprint density at radius 1 is 1.39 bits per heavy atom. The van der Waals surface area contributed by atoms with E-state index in [1.165, 1.54) is 12.8 Å². The standard InChI is InChI=1S/C15H29N3/c1-5-8-10-15(16,7-3)12-14-9-11-18(17-14)13(4)6-2/h9,11,13H,5-8,10,12,16H2,1-4H3. The molecule has 0 saturated heterocycles. The number of nitrogens with two attached hydrogens (primary N) is 1. The van der Waals surface area contributed by atoms with Crippen molar-refractivity contribution >= 4 is 0 Å². The van der Waals surface area contributed by atoms with Gasteiger partial charge in [0.05, 0.1) is 5.69 Å². The average Bonchev–Trinajstić information content (AvgIpc) is 2.83. The van der Waals surface area contributed by atoms with Gasteiger partial charge in [-0.15, -0.1) is 0 Å². The van der Waals surface area contributed by atoms with Crippen LogP contribution >= 0.6 is 0 Å². The summed E-state index contributed by atoms with van der Waals surface area (Å²) in [5.41, 5.74) is 7.54. The zero-order valence-electron chi connectivity index (χ0n) is 12.4. The summed E-state index contributed by atoms with van der Waals surface area (Å²) in [6, 6.07) is 2.60. The monoisotopic (exact) mass is 251 g/mol. The molecule has 18 heavy (non-hydrogen) atoms. The lowest BCUT2D eigenvalue weighted by Gasteiger charge is -2.27. The van der Waals surface area contributed by atoms with Crippen molar-refractivity contribution in [1.29, 1.82) is 0 Å². The first kappa shape index (κ1) is 15.2. The van der Waals surface area contributed by atoms with Gasteiger partial charge in [0.25, 0.3) is 0 Å². The third-order valence-electron chi connectivity index (χ3n) is 3.97. The van der Waals surface area contributed by atoms with Crippen LogP contribution in [0.25, 0.3) is 0 Å². The van der Waals surface area contributed by atoms with E-state index in [1.54, 1.807) is 0 Å². The minimum atomic E-state index is -0.0787. The summed E-state index contributed by atoms with van der Waals surface area (Å²) in [7, 11) is 0. The van der Waals surface area contributed by atoms with Crippen LogP contribution < -0.4 is 5.73 Å². The average molecular weight is 251 g/mol. The minimum absolute atomic E-state index is 0.0787. The molecule has 0 aliphatic rings. The normalized spacial score (nSPS) is 16.5. The van der Waals surface area contributed by atoms with Crippen LogP contribution in [0, 0.1) is 0 Å². The lowest BCUT2D eigenvalue weighted by molar-refractivity contribution is 0.358. The quantitative estimate of drug-likeness (QED) is 0.765.